The number of hydrogen-bond acceptors (Lipinski definition) is 11. The lowest BCUT2D eigenvalue weighted by molar-refractivity contribution is -0.387. The SMILES string of the molecule is Nc1ncnc2c1ncn2C1OC(CNS(=O)(=O)c2ccccc2[N+](=O)[O-])C(O)C1O. The number of para-hydroxylation sites is 1. The van der Waals surface area contributed by atoms with Crippen LogP contribution >= 0.6 is 0 Å². The van der Waals surface area contributed by atoms with Gasteiger partial charge in [0.05, 0.1) is 11.3 Å². The normalized spacial score (nSPS) is 23.9. The van der Waals surface area contributed by atoms with Gasteiger partial charge < -0.3 is 20.7 Å². The minimum absolute atomic E-state index is 0.116. The fraction of sp³-hybridized carbons (Fsp3) is 0.312. The van der Waals surface area contributed by atoms with Crippen LogP contribution in [-0.2, 0) is 14.8 Å². The number of sulfonamides is 1. The highest BCUT2D eigenvalue weighted by molar-refractivity contribution is 7.89. The smallest absolute Gasteiger partial charge is 0.289 e. The second-order valence-corrected chi connectivity index (χ2v) is 8.44. The minimum Gasteiger partial charge on any atom is -0.387 e. The van der Waals surface area contributed by atoms with Crippen molar-refractivity contribution in [2.45, 2.75) is 29.4 Å². The highest BCUT2D eigenvalue weighted by Crippen LogP contribution is 2.32. The fourth-order valence-electron chi connectivity index (χ4n) is 3.29. The van der Waals surface area contributed by atoms with E-state index in [4.69, 9.17) is 10.5 Å². The lowest BCUT2D eigenvalue weighted by Gasteiger charge is -2.16. The Morgan fingerprint density at radius 2 is 1.97 bits per heavy atom. The van der Waals surface area contributed by atoms with Crippen LogP contribution in [0.2, 0.25) is 0 Å². The first-order valence-electron chi connectivity index (χ1n) is 8.88. The summed E-state index contributed by atoms with van der Waals surface area (Å²) in [6.45, 7) is -0.452. The number of nitrogens with zero attached hydrogens (tertiary/aromatic N) is 5. The molecule has 0 radical (unpaired) electrons. The zero-order valence-electron chi connectivity index (χ0n) is 15.6. The molecule has 0 aliphatic carbocycles. The van der Waals surface area contributed by atoms with E-state index in [1.807, 2.05) is 0 Å². The van der Waals surface area contributed by atoms with Crippen LogP contribution in [0.3, 0.4) is 0 Å². The number of imidazole rings is 1. The standard InChI is InChI=1S/C16H17N7O7S/c17-14-11-15(19-6-18-14)22(7-20-11)16-13(25)12(24)9(30-16)5-21-31(28,29)10-4-2-1-3-8(10)23(26)27/h1-4,6-7,9,12-13,16,21,24-25H,5H2,(H2,17,18,19). The van der Waals surface area contributed by atoms with Crippen molar-refractivity contribution >= 4 is 32.7 Å². The van der Waals surface area contributed by atoms with E-state index in [9.17, 15) is 28.7 Å². The predicted octanol–water partition coefficient (Wildman–Crippen LogP) is -1.09. The maximum atomic E-state index is 12.6. The van der Waals surface area contributed by atoms with Gasteiger partial charge in [-0.25, -0.2) is 28.1 Å². The fourth-order valence-corrected chi connectivity index (χ4v) is 4.50. The van der Waals surface area contributed by atoms with E-state index in [0.29, 0.717) is 0 Å². The minimum atomic E-state index is -4.30. The molecule has 4 atom stereocenters. The zero-order chi connectivity index (χ0) is 22.3. The monoisotopic (exact) mass is 451 g/mol. The number of nitrogen functional groups attached to an aromatic ring is 1. The van der Waals surface area contributed by atoms with Crippen molar-refractivity contribution in [3.05, 3.63) is 47.0 Å². The van der Waals surface area contributed by atoms with Crippen molar-refractivity contribution in [2.24, 2.45) is 0 Å². The summed E-state index contributed by atoms with van der Waals surface area (Å²) in [7, 11) is -4.30. The summed E-state index contributed by atoms with van der Waals surface area (Å²) in [5.74, 6) is 0.116. The molecule has 164 valence electrons. The molecule has 0 saturated carbocycles. The molecule has 1 aliphatic heterocycles. The number of benzene rings is 1. The van der Waals surface area contributed by atoms with Crippen LogP contribution in [0.25, 0.3) is 11.2 Å². The number of rotatable bonds is 6. The summed E-state index contributed by atoms with van der Waals surface area (Å²) in [6.07, 6.45) is -2.68. The lowest BCUT2D eigenvalue weighted by Crippen LogP contribution is -2.39. The van der Waals surface area contributed by atoms with E-state index < -0.39 is 56.6 Å². The Morgan fingerprint density at radius 3 is 2.71 bits per heavy atom. The highest BCUT2D eigenvalue weighted by atomic mass is 32.2. The van der Waals surface area contributed by atoms with E-state index in [0.717, 1.165) is 12.1 Å². The van der Waals surface area contributed by atoms with E-state index in [1.165, 1.54) is 29.4 Å². The third-order valence-electron chi connectivity index (χ3n) is 4.82. The number of aliphatic hydroxyl groups excluding tert-OH is 2. The number of nitro benzene ring substituents is 1. The molecule has 3 aromatic rings. The first-order chi connectivity index (χ1) is 14.7. The van der Waals surface area contributed by atoms with Gasteiger partial charge in [0, 0.05) is 12.6 Å². The number of fused-ring (bicyclic) bond motifs is 1. The number of nitrogens with two attached hydrogens (primary N) is 1. The van der Waals surface area contributed by atoms with Gasteiger partial charge in [-0.15, -0.1) is 0 Å². The summed E-state index contributed by atoms with van der Waals surface area (Å²) < 4.78 is 34.3. The molecule has 1 fully saturated rings. The molecule has 0 amide bonds. The Bertz CT molecular complexity index is 1250. The summed E-state index contributed by atoms with van der Waals surface area (Å²) in [4.78, 5) is 21.7. The van der Waals surface area contributed by atoms with Crippen LogP contribution in [0, 0.1) is 10.1 Å². The third-order valence-corrected chi connectivity index (χ3v) is 6.30. The quantitative estimate of drug-likeness (QED) is 0.261. The Kier molecular flexibility index (Phi) is 5.28. The van der Waals surface area contributed by atoms with Gasteiger partial charge in [-0.3, -0.25) is 14.7 Å². The van der Waals surface area contributed by atoms with Gasteiger partial charge in [-0.2, -0.15) is 0 Å². The third kappa shape index (κ3) is 3.68. The summed E-state index contributed by atoms with van der Waals surface area (Å²) in [5.41, 5.74) is 5.67. The molecule has 31 heavy (non-hydrogen) atoms. The Balaban J connectivity index is 1.54. The zero-order valence-corrected chi connectivity index (χ0v) is 16.5. The summed E-state index contributed by atoms with van der Waals surface area (Å²) in [5, 5.41) is 31.9. The van der Waals surface area contributed by atoms with Gasteiger partial charge >= 0.3 is 0 Å². The topological polar surface area (TPSA) is 209 Å². The first kappa shape index (κ1) is 21.0. The maximum absolute atomic E-state index is 12.6. The molecule has 5 N–H and O–H groups in total. The van der Waals surface area contributed by atoms with Crippen molar-refractivity contribution in [1.82, 2.24) is 24.2 Å². The van der Waals surface area contributed by atoms with Crippen molar-refractivity contribution in [3.8, 4) is 0 Å². The van der Waals surface area contributed by atoms with Crippen LogP contribution in [-0.4, -0.2) is 67.9 Å². The van der Waals surface area contributed by atoms with Gasteiger partial charge in [-0.1, -0.05) is 12.1 Å². The Labute approximate surface area is 174 Å². The second kappa shape index (κ2) is 7.78. The molecule has 0 bridgehead atoms. The number of aromatic nitrogens is 4. The van der Waals surface area contributed by atoms with Gasteiger partial charge in [0.2, 0.25) is 10.0 Å². The number of anilines is 1. The molecule has 4 unspecified atom stereocenters. The van der Waals surface area contributed by atoms with Gasteiger partial charge in [-0.05, 0) is 6.07 Å². The van der Waals surface area contributed by atoms with Gasteiger partial charge in [0.15, 0.2) is 22.6 Å². The van der Waals surface area contributed by atoms with E-state index in [-0.39, 0.29) is 17.0 Å². The highest BCUT2D eigenvalue weighted by Gasteiger charge is 2.44. The van der Waals surface area contributed by atoms with E-state index >= 15 is 0 Å². The van der Waals surface area contributed by atoms with E-state index in [1.54, 1.807) is 0 Å². The van der Waals surface area contributed by atoms with Crippen molar-refractivity contribution in [2.75, 3.05) is 12.3 Å². The Hall–Kier alpha value is -3.24. The van der Waals surface area contributed by atoms with E-state index in [2.05, 4.69) is 19.7 Å². The number of aliphatic hydroxyl groups is 2. The van der Waals surface area contributed by atoms with Crippen molar-refractivity contribution in [1.29, 1.82) is 0 Å². The largest absolute Gasteiger partial charge is 0.387 e. The molecule has 1 saturated heterocycles. The van der Waals surface area contributed by atoms with Crippen molar-refractivity contribution < 1.29 is 28.3 Å². The van der Waals surface area contributed by atoms with Crippen LogP contribution in [0.4, 0.5) is 11.5 Å². The van der Waals surface area contributed by atoms with Crippen LogP contribution in [0.1, 0.15) is 6.23 Å². The molecule has 15 heteroatoms. The number of hydrogen-bond donors (Lipinski definition) is 4. The number of nitro groups is 1. The molecule has 14 nitrogen and oxygen atoms in total. The number of ether oxygens (including phenoxy) is 1. The van der Waals surface area contributed by atoms with Crippen LogP contribution < -0.4 is 10.5 Å². The molecule has 1 aliphatic rings. The molecular weight excluding hydrogens is 434 g/mol. The summed E-state index contributed by atoms with van der Waals surface area (Å²) >= 11 is 0. The predicted molar refractivity (Wildman–Crippen MR) is 104 cm³/mol. The van der Waals surface area contributed by atoms with Crippen molar-refractivity contribution in [3.63, 3.8) is 0 Å². The Morgan fingerprint density at radius 1 is 1.23 bits per heavy atom. The molecule has 4 rings (SSSR count). The number of nitrogens with one attached hydrogen (secondary N) is 1. The summed E-state index contributed by atoms with van der Waals surface area (Å²) in [6, 6.07) is 4.84. The lowest BCUT2D eigenvalue weighted by atomic mass is 10.1. The average molecular weight is 451 g/mol. The molecule has 3 heterocycles. The maximum Gasteiger partial charge on any atom is 0.289 e. The molecule has 1 aromatic carbocycles. The molecule has 2 aromatic heterocycles. The second-order valence-electron chi connectivity index (χ2n) is 6.71. The van der Waals surface area contributed by atoms with Gasteiger partial charge in [0.25, 0.3) is 5.69 Å². The van der Waals surface area contributed by atoms with Crippen LogP contribution in [0.5, 0.6) is 0 Å². The average Bonchev–Trinajstić information content (AvgIpc) is 3.29. The van der Waals surface area contributed by atoms with Crippen LogP contribution in [0.15, 0.2) is 41.8 Å². The molecular formula is C16H17N7O7S. The first-order valence-corrected chi connectivity index (χ1v) is 10.4. The molecule has 0 spiro atoms. The van der Waals surface area contributed by atoms with Gasteiger partial charge in [0.1, 0.15) is 30.2 Å².